The zero-order valence-electron chi connectivity index (χ0n) is 12.8. The molecule has 1 aliphatic rings. The van der Waals surface area contributed by atoms with E-state index in [1.54, 1.807) is 16.7 Å². The predicted molar refractivity (Wildman–Crippen MR) is 95.6 cm³/mol. The second kappa shape index (κ2) is 8.25. The van der Waals surface area contributed by atoms with Gasteiger partial charge in [-0.1, -0.05) is 41.2 Å². The number of thioether (sulfide) groups is 2. The predicted octanol–water partition coefficient (Wildman–Crippen LogP) is 3.47. The van der Waals surface area contributed by atoms with Crippen molar-refractivity contribution in [2.45, 2.75) is 25.5 Å². The summed E-state index contributed by atoms with van der Waals surface area (Å²) in [6, 6.07) is 9.95. The topological polar surface area (TPSA) is 56.5 Å². The number of hydrogen-bond acceptors (Lipinski definition) is 5. The van der Waals surface area contributed by atoms with E-state index in [0.717, 1.165) is 27.9 Å². The molecule has 1 amide bonds. The molecule has 0 radical (unpaired) electrons. The maximum Gasteiger partial charge on any atom is 0.240 e. The van der Waals surface area contributed by atoms with Crippen LogP contribution in [-0.4, -0.2) is 34.4 Å². The van der Waals surface area contributed by atoms with Gasteiger partial charge in [0, 0.05) is 18.0 Å². The molecule has 0 aliphatic carbocycles. The quantitative estimate of drug-likeness (QED) is 0.828. The zero-order chi connectivity index (χ0) is 15.9. The summed E-state index contributed by atoms with van der Waals surface area (Å²) in [4.78, 5) is 18.8. The molecule has 0 saturated carbocycles. The van der Waals surface area contributed by atoms with E-state index in [-0.39, 0.29) is 11.2 Å². The summed E-state index contributed by atoms with van der Waals surface area (Å²) in [6.07, 6.45) is 0.326. The van der Waals surface area contributed by atoms with Gasteiger partial charge in [-0.2, -0.15) is 5.26 Å². The van der Waals surface area contributed by atoms with Crippen molar-refractivity contribution in [2.24, 2.45) is 4.99 Å². The molecule has 22 heavy (non-hydrogen) atoms. The Hall–Kier alpha value is -1.45. The van der Waals surface area contributed by atoms with E-state index >= 15 is 0 Å². The third kappa shape index (κ3) is 4.52. The van der Waals surface area contributed by atoms with Gasteiger partial charge in [-0.3, -0.25) is 9.79 Å². The number of carbonyl (C=O) groups is 1. The second-order valence-electron chi connectivity index (χ2n) is 4.99. The molecule has 0 spiro atoms. The third-order valence-electron chi connectivity index (χ3n) is 3.24. The Bertz CT molecular complexity index is 592. The standard InChI is InChI=1S/C16H19N3OS2/c1-12-4-6-14(7-5-12)19(10-3-8-17)15(20)13(2)22-16-18-9-11-21-16/h4-7,13H,3,9-11H2,1-2H3. The maximum atomic E-state index is 12.8. The summed E-state index contributed by atoms with van der Waals surface area (Å²) in [6.45, 7) is 5.17. The molecule has 0 saturated heterocycles. The average molecular weight is 333 g/mol. The fourth-order valence-corrected chi connectivity index (χ4v) is 4.25. The minimum absolute atomic E-state index is 0.0271. The molecule has 116 valence electrons. The summed E-state index contributed by atoms with van der Waals surface area (Å²) in [5, 5.41) is 8.64. The monoisotopic (exact) mass is 333 g/mol. The van der Waals surface area contributed by atoms with Gasteiger partial charge in [-0.25, -0.2) is 0 Å². The van der Waals surface area contributed by atoms with Gasteiger partial charge < -0.3 is 4.90 Å². The lowest BCUT2D eigenvalue weighted by molar-refractivity contribution is -0.117. The van der Waals surface area contributed by atoms with Crippen LogP contribution in [0, 0.1) is 18.3 Å². The Morgan fingerprint density at radius 1 is 1.50 bits per heavy atom. The van der Waals surface area contributed by atoms with Crippen LogP contribution in [0.3, 0.4) is 0 Å². The van der Waals surface area contributed by atoms with Gasteiger partial charge in [0.05, 0.1) is 24.3 Å². The molecule has 0 N–H and O–H groups in total. The van der Waals surface area contributed by atoms with Crippen LogP contribution in [0.1, 0.15) is 18.9 Å². The lowest BCUT2D eigenvalue weighted by Crippen LogP contribution is -2.37. The van der Waals surface area contributed by atoms with Crippen molar-refractivity contribution >= 4 is 39.5 Å². The Morgan fingerprint density at radius 2 is 2.23 bits per heavy atom. The summed E-state index contributed by atoms with van der Waals surface area (Å²) < 4.78 is 0.991. The fraction of sp³-hybridized carbons (Fsp3) is 0.438. The smallest absolute Gasteiger partial charge is 0.240 e. The normalized spacial score (nSPS) is 15.0. The van der Waals surface area contributed by atoms with Crippen LogP contribution in [-0.2, 0) is 4.79 Å². The first-order chi connectivity index (χ1) is 10.6. The van der Waals surface area contributed by atoms with Crippen molar-refractivity contribution in [1.29, 1.82) is 5.26 Å². The SMILES string of the molecule is Cc1ccc(N(CCC#N)C(=O)C(C)SC2=NCCS2)cc1. The highest BCUT2D eigenvalue weighted by atomic mass is 32.2. The highest BCUT2D eigenvalue weighted by Gasteiger charge is 2.24. The number of anilines is 1. The van der Waals surface area contributed by atoms with Gasteiger partial charge in [-0.05, 0) is 26.0 Å². The second-order valence-corrected chi connectivity index (χ2v) is 7.66. The number of amides is 1. The van der Waals surface area contributed by atoms with Crippen molar-refractivity contribution in [2.75, 3.05) is 23.7 Å². The van der Waals surface area contributed by atoms with Crippen molar-refractivity contribution in [3.8, 4) is 6.07 Å². The number of benzene rings is 1. The molecule has 0 aromatic heterocycles. The van der Waals surface area contributed by atoms with E-state index in [9.17, 15) is 4.79 Å². The molecule has 1 aliphatic heterocycles. The molecule has 1 aromatic rings. The number of aryl methyl sites for hydroxylation is 1. The minimum atomic E-state index is -0.204. The Labute approximate surface area is 140 Å². The van der Waals surface area contributed by atoms with E-state index < -0.39 is 0 Å². The molecule has 2 rings (SSSR count). The fourth-order valence-electron chi connectivity index (χ4n) is 2.06. The first kappa shape index (κ1) is 16.9. The van der Waals surface area contributed by atoms with Gasteiger partial charge in [0.25, 0.3) is 0 Å². The highest BCUT2D eigenvalue weighted by Crippen LogP contribution is 2.28. The molecule has 4 nitrogen and oxygen atoms in total. The highest BCUT2D eigenvalue weighted by molar-refractivity contribution is 8.39. The number of hydrogen-bond donors (Lipinski definition) is 0. The van der Waals surface area contributed by atoms with E-state index in [2.05, 4.69) is 11.1 Å². The summed E-state index contributed by atoms with van der Waals surface area (Å²) in [5.41, 5.74) is 2.00. The molecule has 0 fully saturated rings. The van der Waals surface area contributed by atoms with Crippen molar-refractivity contribution in [3.63, 3.8) is 0 Å². The molecule has 1 heterocycles. The van der Waals surface area contributed by atoms with Crippen LogP contribution >= 0.6 is 23.5 Å². The van der Waals surface area contributed by atoms with Gasteiger partial charge in [0.1, 0.15) is 4.38 Å². The molecule has 1 atom stereocenters. The van der Waals surface area contributed by atoms with E-state index in [4.69, 9.17) is 5.26 Å². The van der Waals surface area contributed by atoms with E-state index in [1.165, 1.54) is 11.8 Å². The number of rotatable bonds is 5. The Kier molecular flexibility index (Phi) is 6.34. The molecule has 1 aromatic carbocycles. The molecular formula is C16H19N3OS2. The largest absolute Gasteiger partial charge is 0.310 e. The van der Waals surface area contributed by atoms with Crippen molar-refractivity contribution < 1.29 is 4.79 Å². The van der Waals surface area contributed by atoms with Crippen LogP contribution in [0.25, 0.3) is 0 Å². The molecule has 0 bridgehead atoms. The third-order valence-corrected chi connectivity index (χ3v) is 5.53. The molecule has 1 unspecified atom stereocenters. The Balaban J connectivity index is 2.11. The zero-order valence-corrected chi connectivity index (χ0v) is 14.4. The lowest BCUT2D eigenvalue weighted by atomic mass is 10.2. The summed E-state index contributed by atoms with van der Waals surface area (Å²) >= 11 is 3.22. The first-order valence-electron chi connectivity index (χ1n) is 7.20. The van der Waals surface area contributed by atoms with Crippen LogP contribution in [0.5, 0.6) is 0 Å². The van der Waals surface area contributed by atoms with Gasteiger partial charge in [-0.15, -0.1) is 0 Å². The summed E-state index contributed by atoms with van der Waals surface area (Å²) in [5.74, 6) is 1.03. The number of nitriles is 1. The number of nitrogens with zero attached hydrogens (tertiary/aromatic N) is 3. The van der Waals surface area contributed by atoms with Crippen LogP contribution in [0.2, 0.25) is 0 Å². The maximum absolute atomic E-state index is 12.8. The average Bonchev–Trinajstić information content (AvgIpc) is 3.02. The van der Waals surface area contributed by atoms with Crippen LogP contribution in [0.4, 0.5) is 5.69 Å². The van der Waals surface area contributed by atoms with Gasteiger partial charge in [0.2, 0.25) is 5.91 Å². The Morgan fingerprint density at radius 3 is 2.82 bits per heavy atom. The first-order valence-corrected chi connectivity index (χ1v) is 9.07. The molecule has 6 heteroatoms. The number of carbonyl (C=O) groups excluding carboxylic acids is 1. The van der Waals surface area contributed by atoms with Crippen LogP contribution < -0.4 is 4.90 Å². The van der Waals surface area contributed by atoms with Crippen molar-refractivity contribution in [1.82, 2.24) is 0 Å². The number of aliphatic imine (C=N–C) groups is 1. The van der Waals surface area contributed by atoms with Gasteiger partial charge >= 0.3 is 0 Å². The lowest BCUT2D eigenvalue weighted by Gasteiger charge is -2.25. The van der Waals surface area contributed by atoms with Crippen molar-refractivity contribution in [3.05, 3.63) is 29.8 Å². The minimum Gasteiger partial charge on any atom is -0.310 e. The van der Waals surface area contributed by atoms with E-state index in [0.29, 0.717) is 13.0 Å². The summed E-state index contributed by atoms with van der Waals surface area (Å²) in [7, 11) is 0. The van der Waals surface area contributed by atoms with E-state index in [1.807, 2.05) is 38.1 Å². The van der Waals surface area contributed by atoms with Gasteiger partial charge in [0.15, 0.2) is 0 Å². The molecular weight excluding hydrogens is 314 g/mol. The van der Waals surface area contributed by atoms with Crippen LogP contribution in [0.15, 0.2) is 29.3 Å².